The zero-order valence-electron chi connectivity index (χ0n) is 11.1. The summed E-state index contributed by atoms with van der Waals surface area (Å²) in [6.07, 6.45) is 2.83. The van der Waals surface area contributed by atoms with E-state index in [4.69, 9.17) is 4.74 Å². The van der Waals surface area contributed by atoms with Crippen LogP contribution in [-0.2, 0) is 9.47 Å². The van der Waals surface area contributed by atoms with Gasteiger partial charge < -0.3 is 14.4 Å². The molecule has 0 saturated carbocycles. The van der Waals surface area contributed by atoms with E-state index in [1.165, 1.54) is 18.2 Å². The summed E-state index contributed by atoms with van der Waals surface area (Å²) in [4.78, 5) is 2.22. The van der Waals surface area contributed by atoms with E-state index in [9.17, 15) is 13.2 Å². The lowest BCUT2D eigenvalue weighted by molar-refractivity contribution is -0.303. The Bertz CT molecular complexity index is 465. The molecule has 0 spiro atoms. The molecule has 1 aliphatic heterocycles. The van der Waals surface area contributed by atoms with Gasteiger partial charge in [0.15, 0.2) is 5.76 Å². The Morgan fingerprint density at radius 1 is 1.25 bits per heavy atom. The average Bonchev–Trinajstić information content (AvgIpc) is 2.56. The predicted molar refractivity (Wildman–Crippen MR) is 67.6 cm³/mol. The molecule has 1 fully saturated rings. The van der Waals surface area contributed by atoms with Gasteiger partial charge in [-0.3, -0.25) is 0 Å². The molecule has 3 nitrogen and oxygen atoms in total. The van der Waals surface area contributed by atoms with E-state index in [0.29, 0.717) is 5.76 Å². The second kappa shape index (κ2) is 6.20. The maximum Gasteiger partial charge on any atom is 0.573 e. The summed E-state index contributed by atoms with van der Waals surface area (Å²) in [6, 6.07) is 0. The lowest BCUT2D eigenvalue weighted by atomic mass is 10.1. The average molecular weight is 287 g/mol. The molecule has 2 rings (SSSR count). The van der Waals surface area contributed by atoms with Crippen LogP contribution in [0.1, 0.15) is 12.8 Å². The van der Waals surface area contributed by atoms with Gasteiger partial charge >= 0.3 is 6.36 Å². The highest BCUT2D eigenvalue weighted by atomic mass is 19.4. The lowest BCUT2D eigenvalue weighted by Gasteiger charge is -2.29. The number of rotatable bonds is 3. The van der Waals surface area contributed by atoms with Crippen LogP contribution in [0.25, 0.3) is 0 Å². The smallest absolute Gasteiger partial charge is 0.490 e. The standard InChI is InChI=1S/C14H16F3NO2/c1-18-9-7-12(8-10-18)19-11-3-2-4-13(6-5-11)20-14(15,16)17/h2-3,5-6,12H,7-10H2,1H3. The van der Waals surface area contributed by atoms with E-state index in [0.717, 1.165) is 25.9 Å². The molecule has 1 aliphatic carbocycles. The number of halogens is 3. The van der Waals surface area contributed by atoms with Gasteiger partial charge in [-0.15, -0.1) is 13.2 Å². The van der Waals surface area contributed by atoms with Crippen molar-refractivity contribution in [3.05, 3.63) is 41.6 Å². The highest BCUT2D eigenvalue weighted by Gasteiger charge is 2.31. The van der Waals surface area contributed by atoms with Crippen molar-refractivity contribution in [3.63, 3.8) is 0 Å². The molecule has 0 amide bonds. The monoisotopic (exact) mass is 287 g/mol. The second-order valence-corrected chi connectivity index (χ2v) is 4.75. The predicted octanol–water partition coefficient (Wildman–Crippen LogP) is 3.13. The van der Waals surface area contributed by atoms with Crippen LogP contribution < -0.4 is 0 Å². The summed E-state index contributed by atoms with van der Waals surface area (Å²) in [5.74, 6) is 0.142. The van der Waals surface area contributed by atoms with E-state index in [1.807, 2.05) is 0 Å². The van der Waals surface area contributed by atoms with Gasteiger partial charge in [0.25, 0.3) is 0 Å². The number of alkyl halides is 3. The second-order valence-electron chi connectivity index (χ2n) is 4.75. The topological polar surface area (TPSA) is 21.7 Å². The van der Waals surface area contributed by atoms with Crippen LogP contribution in [0, 0.1) is 0 Å². The molecule has 0 aromatic carbocycles. The van der Waals surface area contributed by atoms with Crippen molar-refractivity contribution in [1.29, 1.82) is 0 Å². The van der Waals surface area contributed by atoms with Crippen LogP contribution in [0.15, 0.2) is 41.6 Å². The minimum absolute atomic E-state index is 0.0978. The van der Waals surface area contributed by atoms with Gasteiger partial charge in [0.05, 0.1) is 0 Å². The molecule has 0 radical (unpaired) electrons. The minimum atomic E-state index is -4.71. The molecule has 0 aromatic rings. The number of allylic oxidation sites excluding steroid dienone is 3. The first-order valence-corrected chi connectivity index (χ1v) is 6.38. The molecule has 0 aromatic heterocycles. The number of hydrogen-bond acceptors (Lipinski definition) is 3. The first-order chi connectivity index (χ1) is 9.42. The van der Waals surface area contributed by atoms with Crippen LogP contribution in [-0.4, -0.2) is 37.5 Å². The lowest BCUT2D eigenvalue weighted by Crippen LogP contribution is -2.34. The molecule has 0 atom stereocenters. The molecule has 0 N–H and O–H groups in total. The molecular weight excluding hydrogens is 271 g/mol. The molecule has 6 heteroatoms. The number of nitrogens with zero attached hydrogens (tertiary/aromatic N) is 1. The van der Waals surface area contributed by atoms with Crippen molar-refractivity contribution in [1.82, 2.24) is 4.90 Å². The highest BCUT2D eigenvalue weighted by molar-refractivity contribution is 5.28. The third-order valence-corrected chi connectivity index (χ3v) is 3.07. The normalized spacial score (nSPS) is 21.2. The van der Waals surface area contributed by atoms with Crippen molar-refractivity contribution in [3.8, 4) is 0 Å². The van der Waals surface area contributed by atoms with Gasteiger partial charge in [-0.25, -0.2) is 0 Å². The van der Waals surface area contributed by atoms with Crippen molar-refractivity contribution in [2.24, 2.45) is 0 Å². The van der Waals surface area contributed by atoms with Gasteiger partial charge in [0, 0.05) is 13.1 Å². The molecular formula is C14H16F3NO2. The van der Waals surface area contributed by atoms with Crippen molar-refractivity contribution in [2.75, 3.05) is 20.1 Å². The van der Waals surface area contributed by atoms with E-state index in [2.05, 4.69) is 22.4 Å². The summed E-state index contributed by atoms with van der Waals surface area (Å²) >= 11 is 0. The van der Waals surface area contributed by atoms with Gasteiger partial charge in [-0.2, -0.15) is 0 Å². The maximum absolute atomic E-state index is 12.1. The quantitative estimate of drug-likeness (QED) is 0.744. The van der Waals surface area contributed by atoms with Crippen LogP contribution in [0.5, 0.6) is 0 Å². The summed E-state index contributed by atoms with van der Waals surface area (Å²) < 4.78 is 45.9. The van der Waals surface area contributed by atoms with Crippen molar-refractivity contribution >= 4 is 0 Å². The first-order valence-electron chi connectivity index (χ1n) is 6.38. The Morgan fingerprint density at radius 3 is 2.60 bits per heavy atom. The number of likely N-dealkylation sites (tertiary alicyclic amines) is 1. The summed E-state index contributed by atoms with van der Waals surface area (Å²) in [5.41, 5.74) is 2.41. The summed E-state index contributed by atoms with van der Waals surface area (Å²) in [5, 5.41) is 0. The van der Waals surface area contributed by atoms with Crippen LogP contribution in [0.4, 0.5) is 13.2 Å². The Balaban J connectivity index is 1.89. The maximum atomic E-state index is 12.1. The third kappa shape index (κ3) is 4.79. The highest BCUT2D eigenvalue weighted by Crippen LogP contribution is 2.23. The number of hydrogen-bond donors (Lipinski definition) is 0. The zero-order chi connectivity index (χ0) is 14.6. The fourth-order valence-corrected chi connectivity index (χ4v) is 2.03. The van der Waals surface area contributed by atoms with E-state index in [-0.39, 0.29) is 11.9 Å². The molecule has 110 valence electrons. The van der Waals surface area contributed by atoms with Crippen LogP contribution >= 0.6 is 0 Å². The summed E-state index contributed by atoms with van der Waals surface area (Å²) in [7, 11) is 2.05. The largest absolute Gasteiger partial charge is 0.573 e. The zero-order valence-corrected chi connectivity index (χ0v) is 11.1. The Kier molecular flexibility index (Phi) is 4.57. The molecule has 20 heavy (non-hydrogen) atoms. The molecule has 1 heterocycles. The Labute approximate surface area is 115 Å². The van der Waals surface area contributed by atoms with Crippen molar-refractivity contribution < 1.29 is 22.6 Å². The van der Waals surface area contributed by atoms with Crippen LogP contribution in [0.2, 0.25) is 0 Å². The number of ether oxygens (including phenoxy) is 2. The van der Waals surface area contributed by atoms with Gasteiger partial charge in [-0.05, 0) is 44.2 Å². The van der Waals surface area contributed by atoms with E-state index in [1.54, 1.807) is 6.08 Å². The van der Waals surface area contributed by atoms with Gasteiger partial charge in [0.1, 0.15) is 11.9 Å². The summed E-state index contributed by atoms with van der Waals surface area (Å²) in [6.45, 7) is 1.91. The van der Waals surface area contributed by atoms with Crippen molar-refractivity contribution in [2.45, 2.75) is 25.3 Å². The fraction of sp³-hybridized carbons (Fsp3) is 0.500. The van der Waals surface area contributed by atoms with Gasteiger partial charge in [0.2, 0.25) is 0 Å². The van der Waals surface area contributed by atoms with Crippen LogP contribution in [0.3, 0.4) is 0 Å². The Morgan fingerprint density at radius 2 is 1.95 bits per heavy atom. The van der Waals surface area contributed by atoms with E-state index >= 15 is 0 Å². The van der Waals surface area contributed by atoms with Gasteiger partial charge in [-0.1, -0.05) is 5.73 Å². The molecule has 2 aliphatic rings. The number of piperidine rings is 1. The molecule has 0 bridgehead atoms. The third-order valence-electron chi connectivity index (χ3n) is 3.07. The molecule has 1 saturated heterocycles. The Hall–Kier alpha value is -1.65. The minimum Gasteiger partial charge on any atom is -0.490 e. The first kappa shape index (κ1) is 14.8. The SMILES string of the molecule is CN1CCC(OC2=CC=C=C(OC(F)(F)F)C=C2)CC1. The fourth-order valence-electron chi connectivity index (χ4n) is 2.03. The van der Waals surface area contributed by atoms with E-state index < -0.39 is 6.36 Å². The molecule has 0 unspecified atom stereocenters.